The van der Waals surface area contributed by atoms with E-state index in [-0.39, 0.29) is 23.9 Å². The molecule has 7 heteroatoms. The lowest BCUT2D eigenvalue weighted by atomic mass is 10.0. The summed E-state index contributed by atoms with van der Waals surface area (Å²) in [5, 5.41) is 4.98. The quantitative estimate of drug-likeness (QED) is 0.244. The van der Waals surface area contributed by atoms with Gasteiger partial charge in [0, 0.05) is 16.5 Å². The summed E-state index contributed by atoms with van der Waals surface area (Å²) >= 11 is 1.23. The molecule has 3 rings (SSSR count). The summed E-state index contributed by atoms with van der Waals surface area (Å²) in [4.78, 5) is 25.7. The summed E-state index contributed by atoms with van der Waals surface area (Å²) in [7, 11) is 0. The van der Waals surface area contributed by atoms with Crippen LogP contribution in [-0.4, -0.2) is 25.1 Å². The highest BCUT2D eigenvalue weighted by atomic mass is 32.1. The van der Waals surface area contributed by atoms with E-state index in [1.165, 1.54) is 23.5 Å². The Bertz CT molecular complexity index is 1060. The fourth-order valence-electron chi connectivity index (χ4n) is 3.18. The van der Waals surface area contributed by atoms with E-state index in [0.29, 0.717) is 40.5 Å². The Morgan fingerprint density at radius 2 is 1.67 bits per heavy atom. The van der Waals surface area contributed by atoms with E-state index in [0.717, 1.165) is 19.3 Å². The van der Waals surface area contributed by atoms with E-state index >= 15 is 0 Å². The third-order valence-corrected chi connectivity index (χ3v) is 5.84. The van der Waals surface area contributed by atoms with Crippen LogP contribution < -0.4 is 10.1 Å². The van der Waals surface area contributed by atoms with Crippen LogP contribution in [0.1, 0.15) is 60.2 Å². The van der Waals surface area contributed by atoms with Gasteiger partial charge in [-0.05, 0) is 54.8 Å². The molecule has 0 aliphatic rings. The van der Waals surface area contributed by atoms with Crippen molar-refractivity contribution < 1.29 is 23.5 Å². The number of anilines is 1. The average Bonchev–Trinajstić information content (AvgIpc) is 3.24. The van der Waals surface area contributed by atoms with Gasteiger partial charge in [0.1, 0.15) is 22.1 Å². The molecule has 3 aromatic rings. The molecular weight excluding hydrogens is 441 g/mol. The minimum absolute atomic E-state index is 0.268. The minimum Gasteiger partial charge on any atom is -0.494 e. The zero-order valence-electron chi connectivity index (χ0n) is 18.9. The van der Waals surface area contributed by atoms with Gasteiger partial charge in [0.15, 0.2) is 0 Å². The summed E-state index contributed by atoms with van der Waals surface area (Å²) in [6.07, 6.45) is 3.91. The van der Waals surface area contributed by atoms with E-state index in [1.54, 1.807) is 41.8 Å². The number of thiophene rings is 1. The van der Waals surface area contributed by atoms with Gasteiger partial charge in [-0.1, -0.05) is 38.8 Å². The number of nitrogens with one attached hydrogen (secondary N) is 1. The van der Waals surface area contributed by atoms with E-state index in [1.807, 2.05) is 6.92 Å². The SMILES string of the molecule is CCCCCOc1ccc(C(=O)Nc2scc(-c3ccc(F)cc3)c2C(=O)OCCC)cc1. The van der Waals surface area contributed by atoms with Crippen LogP contribution in [0.25, 0.3) is 11.1 Å². The van der Waals surface area contributed by atoms with Crippen LogP contribution in [0, 0.1) is 5.82 Å². The van der Waals surface area contributed by atoms with Crippen LogP contribution in [0.3, 0.4) is 0 Å². The maximum atomic E-state index is 13.4. The van der Waals surface area contributed by atoms with Gasteiger partial charge in [-0.15, -0.1) is 11.3 Å². The van der Waals surface area contributed by atoms with Crippen LogP contribution in [0.4, 0.5) is 9.39 Å². The monoisotopic (exact) mass is 469 g/mol. The maximum Gasteiger partial charge on any atom is 0.341 e. The number of carbonyl (C=O) groups excluding carboxylic acids is 2. The first-order chi connectivity index (χ1) is 16.0. The molecule has 0 radical (unpaired) electrons. The lowest BCUT2D eigenvalue weighted by Gasteiger charge is -2.10. The Hall–Kier alpha value is -3.19. The second-order valence-corrected chi connectivity index (χ2v) is 8.41. The molecule has 1 aromatic heterocycles. The van der Waals surface area contributed by atoms with Crippen molar-refractivity contribution in [1.29, 1.82) is 0 Å². The number of ether oxygens (including phenoxy) is 2. The van der Waals surface area contributed by atoms with Crippen molar-refractivity contribution in [3.05, 3.63) is 70.9 Å². The number of hydrogen-bond acceptors (Lipinski definition) is 5. The second-order valence-electron chi connectivity index (χ2n) is 7.53. The van der Waals surface area contributed by atoms with Gasteiger partial charge < -0.3 is 14.8 Å². The van der Waals surface area contributed by atoms with Crippen molar-refractivity contribution >= 4 is 28.2 Å². The highest BCUT2D eigenvalue weighted by Crippen LogP contribution is 2.36. The number of unbranched alkanes of at least 4 members (excludes halogenated alkanes) is 2. The van der Waals surface area contributed by atoms with Gasteiger partial charge in [-0.2, -0.15) is 0 Å². The van der Waals surface area contributed by atoms with E-state index in [9.17, 15) is 14.0 Å². The van der Waals surface area contributed by atoms with Crippen molar-refractivity contribution in [1.82, 2.24) is 0 Å². The Balaban J connectivity index is 1.78. The molecular formula is C26H28FNO4S. The number of carbonyl (C=O) groups is 2. The Kier molecular flexibility index (Phi) is 9.01. The lowest BCUT2D eigenvalue weighted by molar-refractivity contribution is 0.0507. The topological polar surface area (TPSA) is 64.6 Å². The van der Waals surface area contributed by atoms with Gasteiger partial charge >= 0.3 is 5.97 Å². The van der Waals surface area contributed by atoms with Gasteiger partial charge in [0.05, 0.1) is 13.2 Å². The predicted octanol–water partition coefficient (Wildman–Crippen LogP) is 6.94. The second kappa shape index (κ2) is 12.2. The zero-order chi connectivity index (χ0) is 23.6. The third-order valence-electron chi connectivity index (χ3n) is 4.95. The van der Waals surface area contributed by atoms with Crippen LogP contribution in [0.5, 0.6) is 5.75 Å². The van der Waals surface area contributed by atoms with Gasteiger partial charge in [0.25, 0.3) is 5.91 Å². The summed E-state index contributed by atoms with van der Waals surface area (Å²) in [5.74, 6) is -0.523. The first-order valence-electron chi connectivity index (χ1n) is 11.1. The number of rotatable bonds is 11. The number of hydrogen-bond donors (Lipinski definition) is 1. The first-order valence-corrected chi connectivity index (χ1v) is 12.0. The summed E-state index contributed by atoms with van der Waals surface area (Å²) in [6, 6.07) is 12.8. The smallest absolute Gasteiger partial charge is 0.341 e. The van der Waals surface area contributed by atoms with Crippen molar-refractivity contribution in [2.24, 2.45) is 0 Å². The molecule has 5 nitrogen and oxygen atoms in total. The fourth-order valence-corrected chi connectivity index (χ4v) is 4.13. The maximum absolute atomic E-state index is 13.4. The first kappa shape index (κ1) is 24.5. The fraction of sp³-hybridized carbons (Fsp3) is 0.308. The molecule has 1 amide bonds. The number of benzene rings is 2. The largest absolute Gasteiger partial charge is 0.494 e. The van der Waals surface area contributed by atoms with Gasteiger partial charge in [-0.3, -0.25) is 4.79 Å². The molecule has 0 saturated carbocycles. The van der Waals surface area contributed by atoms with Crippen LogP contribution >= 0.6 is 11.3 Å². The van der Waals surface area contributed by atoms with Crippen molar-refractivity contribution in [3.63, 3.8) is 0 Å². The molecule has 0 unspecified atom stereocenters. The molecule has 1 N–H and O–H groups in total. The van der Waals surface area contributed by atoms with Gasteiger partial charge in [0.2, 0.25) is 0 Å². The van der Waals surface area contributed by atoms with Crippen molar-refractivity contribution in [2.75, 3.05) is 18.5 Å². The molecule has 174 valence electrons. The molecule has 33 heavy (non-hydrogen) atoms. The minimum atomic E-state index is -0.524. The summed E-state index contributed by atoms with van der Waals surface area (Å²) < 4.78 is 24.4. The molecule has 0 fully saturated rings. The Morgan fingerprint density at radius 1 is 0.939 bits per heavy atom. The molecule has 1 heterocycles. The van der Waals surface area contributed by atoms with Crippen LogP contribution in [0.2, 0.25) is 0 Å². The predicted molar refractivity (Wildman–Crippen MR) is 130 cm³/mol. The lowest BCUT2D eigenvalue weighted by Crippen LogP contribution is -2.15. The molecule has 0 spiro atoms. The standard InChI is InChI=1S/C26H28FNO4S/c1-3-5-6-16-31-21-13-9-19(10-14-21)24(29)28-25-23(26(30)32-15-4-2)22(17-33-25)18-7-11-20(27)12-8-18/h7-14,17H,3-6,15-16H2,1-2H3,(H,28,29). The zero-order valence-corrected chi connectivity index (χ0v) is 19.7. The average molecular weight is 470 g/mol. The Morgan fingerprint density at radius 3 is 2.33 bits per heavy atom. The van der Waals surface area contributed by atoms with Gasteiger partial charge in [-0.25, -0.2) is 9.18 Å². The van der Waals surface area contributed by atoms with E-state index in [2.05, 4.69) is 12.2 Å². The Labute approximate surface area is 197 Å². The molecule has 2 aromatic carbocycles. The highest BCUT2D eigenvalue weighted by molar-refractivity contribution is 7.15. The molecule has 0 aliphatic carbocycles. The molecule has 0 saturated heterocycles. The summed E-state index contributed by atoms with van der Waals surface area (Å²) in [6.45, 7) is 4.95. The normalized spacial score (nSPS) is 10.6. The molecule has 0 bridgehead atoms. The van der Waals surface area contributed by atoms with E-state index in [4.69, 9.17) is 9.47 Å². The number of esters is 1. The number of amides is 1. The van der Waals surface area contributed by atoms with Crippen LogP contribution in [0.15, 0.2) is 53.9 Å². The van der Waals surface area contributed by atoms with E-state index < -0.39 is 5.97 Å². The summed E-state index contributed by atoms with van der Waals surface area (Å²) in [5.41, 5.74) is 1.97. The number of halogens is 1. The molecule has 0 atom stereocenters. The van der Waals surface area contributed by atoms with Crippen molar-refractivity contribution in [3.8, 4) is 16.9 Å². The highest BCUT2D eigenvalue weighted by Gasteiger charge is 2.23. The molecule has 0 aliphatic heterocycles. The van der Waals surface area contributed by atoms with Crippen molar-refractivity contribution in [2.45, 2.75) is 39.5 Å². The van der Waals surface area contributed by atoms with Crippen LogP contribution in [-0.2, 0) is 4.74 Å². The third kappa shape index (κ3) is 6.65.